The van der Waals surface area contributed by atoms with Crippen molar-refractivity contribution in [2.24, 2.45) is 0 Å². The Balaban J connectivity index is 1.96. The predicted molar refractivity (Wildman–Crippen MR) is 64.5 cm³/mol. The SMILES string of the molecule is O=C1OC2(CCCCC2)OC(O)=C1c1ncc(F)c(F)n1. The van der Waals surface area contributed by atoms with Crippen molar-refractivity contribution in [2.75, 3.05) is 0 Å². The van der Waals surface area contributed by atoms with Gasteiger partial charge in [0.1, 0.15) is 0 Å². The summed E-state index contributed by atoms with van der Waals surface area (Å²) >= 11 is 0. The minimum atomic E-state index is -1.42. The molecule has 1 aromatic heterocycles. The molecule has 1 saturated carbocycles. The number of carbonyl (C=O) groups excluding carboxylic acids is 1. The number of aliphatic hydroxyl groups is 1. The van der Waals surface area contributed by atoms with Gasteiger partial charge in [0.15, 0.2) is 17.2 Å². The van der Waals surface area contributed by atoms with Crippen molar-refractivity contribution in [3.63, 3.8) is 0 Å². The molecule has 0 atom stereocenters. The molecule has 0 amide bonds. The van der Waals surface area contributed by atoms with Crippen molar-refractivity contribution in [1.82, 2.24) is 9.97 Å². The van der Waals surface area contributed by atoms with Crippen LogP contribution in [0, 0.1) is 11.8 Å². The fraction of sp³-hybridized carbons (Fsp3) is 0.462. The van der Waals surface area contributed by atoms with Crippen molar-refractivity contribution in [1.29, 1.82) is 0 Å². The lowest BCUT2D eigenvalue weighted by molar-refractivity contribution is -0.244. The summed E-state index contributed by atoms with van der Waals surface area (Å²) in [4.78, 5) is 18.7. The number of esters is 1. The number of halogens is 2. The third-order valence-corrected chi connectivity index (χ3v) is 3.52. The number of aliphatic hydroxyl groups excluding tert-OH is 1. The van der Waals surface area contributed by atoms with Gasteiger partial charge in [0.2, 0.25) is 0 Å². The highest BCUT2D eigenvalue weighted by atomic mass is 19.2. The fourth-order valence-electron chi connectivity index (χ4n) is 2.50. The molecule has 0 saturated heterocycles. The third kappa shape index (κ3) is 2.41. The normalized spacial score (nSPS) is 21.1. The smallest absolute Gasteiger partial charge is 0.352 e. The molecule has 0 unspecified atom stereocenters. The molecule has 0 bridgehead atoms. The van der Waals surface area contributed by atoms with E-state index in [0.29, 0.717) is 19.0 Å². The van der Waals surface area contributed by atoms with Crippen LogP contribution in [0.15, 0.2) is 12.1 Å². The van der Waals surface area contributed by atoms with Crippen molar-refractivity contribution >= 4 is 11.5 Å². The van der Waals surface area contributed by atoms with Crippen LogP contribution < -0.4 is 0 Å². The highest BCUT2D eigenvalue weighted by molar-refractivity contribution is 6.16. The minimum absolute atomic E-state index is 0.467. The Bertz CT molecular complexity index is 627. The zero-order valence-electron chi connectivity index (χ0n) is 10.9. The van der Waals surface area contributed by atoms with E-state index in [1.807, 2.05) is 0 Å². The third-order valence-electron chi connectivity index (χ3n) is 3.52. The number of ether oxygens (including phenoxy) is 2. The van der Waals surface area contributed by atoms with Crippen molar-refractivity contribution < 1.29 is 28.2 Å². The van der Waals surface area contributed by atoms with Crippen LogP contribution in [0.5, 0.6) is 0 Å². The van der Waals surface area contributed by atoms with Gasteiger partial charge in [0.05, 0.1) is 6.20 Å². The number of hydrogen-bond donors (Lipinski definition) is 1. The molecule has 1 aromatic rings. The summed E-state index contributed by atoms with van der Waals surface area (Å²) in [6.07, 6.45) is 4.10. The number of aromatic nitrogens is 2. The summed E-state index contributed by atoms with van der Waals surface area (Å²) in [5, 5.41) is 9.93. The molecule has 2 heterocycles. The Morgan fingerprint density at radius 1 is 1.19 bits per heavy atom. The lowest BCUT2D eigenvalue weighted by Gasteiger charge is -2.38. The first-order valence-corrected chi connectivity index (χ1v) is 6.55. The summed E-state index contributed by atoms with van der Waals surface area (Å²) in [5.41, 5.74) is -0.509. The van der Waals surface area contributed by atoms with Gasteiger partial charge in [0.25, 0.3) is 17.7 Å². The summed E-state index contributed by atoms with van der Waals surface area (Å²) in [5.74, 6) is -5.98. The van der Waals surface area contributed by atoms with E-state index in [4.69, 9.17) is 9.47 Å². The van der Waals surface area contributed by atoms with Crippen LogP contribution in [0.4, 0.5) is 8.78 Å². The van der Waals surface area contributed by atoms with Gasteiger partial charge in [-0.15, -0.1) is 0 Å². The van der Waals surface area contributed by atoms with Crippen molar-refractivity contribution in [3.8, 4) is 0 Å². The number of carbonyl (C=O) groups is 1. The van der Waals surface area contributed by atoms with Crippen LogP contribution in [0.2, 0.25) is 0 Å². The van der Waals surface area contributed by atoms with Gasteiger partial charge in [-0.05, 0) is 12.8 Å². The molecule has 112 valence electrons. The Kier molecular flexibility index (Phi) is 3.23. The van der Waals surface area contributed by atoms with Gasteiger partial charge in [0, 0.05) is 12.8 Å². The molecule has 1 fully saturated rings. The summed E-state index contributed by atoms with van der Waals surface area (Å²) < 4.78 is 36.5. The van der Waals surface area contributed by atoms with Crippen LogP contribution in [-0.4, -0.2) is 26.8 Å². The van der Waals surface area contributed by atoms with E-state index in [0.717, 1.165) is 19.3 Å². The van der Waals surface area contributed by atoms with Gasteiger partial charge < -0.3 is 14.6 Å². The molecule has 8 heteroatoms. The Hall–Kier alpha value is -2.25. The molecule has 2 aliphatic rings. The fourth-order valence-corrected chi connectivity index (χ4v) is 2.50. The first-order chi connectivity index (χ1) is 10.0. The van der Waals surface area contributed by atoms with Crippen LogP contribution in [0.1, 0.15) is 37.9 Å². The second kappa shape index (κ2) is 4.94. The van der Waals surface area contributed by atoms with Crippen LogP contribution >= 0.6 is 0 Å². The molecule has 1 spiro atoms. The lowest BCUT2D eigenvalue weighted by atomic mass is 9.93. The Morgan fingerprint density at radius 3 is 2.52 bits per heavy atom. The standard InChI is InChI=1S/C13H12F2N2O4/c14-7-6-16-10(17-9(7)15)8-11(18)20-13(21-12(8)19)4-2-1-3-5-13/h6,18H,1-5H2. The molecule has 6 nitrogen and oxygen atoms in total. The lowest BCUT2D eigenvalue weighted by Crippen LogP contribution is -2.43. The van der Waals surface area contributed by atoms with E-state index in [9.17, 15) is 18.7 Å². The monoisotopic (exact) mass is 298 g/mol. The van der Waals surface area contributed by atoms with Crippen molar-refractivity contribution in [3.05, 3.63) is 29.7 Å². The topological polar surface area (TPSA) is 81.5 Å². The highest BCUT2D eigenvalue weighted by Gasteiger charge is 2.45. The first kappa shape index (κ1) is 13.7. The first-order valence-electron chi connectivity index (χ1n) is 6.55. The number of hydrogen-bond acceptors (Lipinski definition) is 6. The van der Waals surface area contributed by atoms with E-state index in [1.165, 1.54) is 0 Å². The Labute approximate surface area is 118 Å². The molecule has 3 rings (SSSR count). The minimum Gasteiger partial charge on any atom is -0.480 e. The van der Waals surface area contributed by atoms with E-state index in [2.05, 4.69) is 9.97 Å². The molecular weight excluding hydrogens is 286 g/mol. The van der Waals surface area contributed by atoms with Gasteiger partial charge in [-0.3, -0.25) is 0 Å². The second-order valence-electron chi connectivity index (χ2n) is 4.98. The maximum absolute atomic E-state index is 13.1. The number of nitrogens with zero attached hydrogens (tertiary/aromatic N) is 2. The van der Waals surface area contributed by atoms with E-state index < -0.39 is 40.9 Å². The molecule has 0 radical (unpaired) electrons. The molecule has 1 N–H and O–H groups in total. The van der Waals surface area contributed by atoms with E-state index in [1.54, 1.807) is 0 Å². The maximum atomic E-state index is 13.1. The zero-order chi connectivity index (χ0) is 15.0. The molecule has 1 aliphatic heterocycles. The molecular formula is C13H12F2N2O4. The number of rotatable bonds is 1. The van der Waals surface area contributed by atoms with Crippen LogP contribution in [-0.2, 0) is 14.3 Å². The van der Waals surface area contributed by atoms with Gasteiger partial charge in [-0.25, -0.2) is 14.2 Å². The van der Waals surface area contributed by atoms with E-state index >= 15 is 0 Å². The van der Waals surface area contributed by atoms with E-state index in [-0.39, 0.29) is 0 Å². The largest absolute Gasteiger partial charge is 0.480 e. The molecule has 21 heavy (non-hydrogen) atoms. The Morgan fingerprint density at radius 2 is 1.90 bits per heavy atom. The zero-order valence-corrected chi connectivity index (χ0v) is 10.9. The van der Waals surface area contributed by atoms with Crippen LogP contribution in [0.3, 0.4) is 0 Å². The van der Waals surface area contributed by atoms with Gasteiger partial charge in [-0.2, -0.15) is 9.37 Å². The van der Waals surface area contributed by atoms with Crippen molar-refractivity contribution in [2.45, 2.75) is 37.9 Å². The quantitative estimate of drug-likeness (QED) is 0.632. The molecule has 1 aliphatic carbocycles. The molecule has 0 aromatic carbocycles. The second-order valence-corrected chi connectivity index (χ2v) is 4.98. The predicted octanol–water partition coefficient (Wildman–Crippen LogP) is 2.22. The summed E-state index contributed by atoms with van der Waals surface area (Å²) in [6, 6.07) is 0. The highest BCUT2D eigenvalue weighted by Crippen LogP contribution is 2.39. The van der Waals surface area contributed by atoms with Gasteiger partial charge in [-0.1, -0.05) is 6.42 Å². The summed E-state index contributed by atoms with van der Waals surface area (Å²) in [7, 11) is 0. The summed E-state index contributed by atoms with van der Waals surface area (Å²) in [6.45, 7) is 0. The van der Waals surface area contributed by atoms with Gasteiger partial charge >= 0.3 is 5.97 Å². The maximum Gasteiger partial charge on any atom is 0.352 e. The average molecular weight is 298 g/mol. The van der Waals surface area contributed by atoms with Crippen LogP contribution in [0.25, 0.3) is 5.57 Å². The average Bonchev–Trinajstić information content (AvgIpc) is 2.42.